The van der Waals surface area contributed by atoms with Crippen molar-refractivity contribution in [1.29, 1.82) is 0 Å². The number of rotatable bonds is 5. The number of anilines is 1. The minimum Gasteiger partial charge on any atom is -0.458 e. The lowest BCUT2D eigenvalue weighted by Gasteiger charge is -2.07. The number of nitro groups is 1. The lowest BCUT2D eigenvalue weighted by atomic mass is 10.2. The van der Waals surface area contributed by atoms with Gasteiger partial charge in [0.2, 0.25) is 0 Å². The maximum Gasteiger partial charge on any atom is 0.313 e. The van der Waals surface area contributed by atoms with E-state index in [1.54, 1.807) is 25.1 Å². The third-order valence-electron chi connectivity index (χ3n) is 3.65. The number of aryl methyl sites for hydroxylation is 1. The Morgan fingerprint density at radius 3 is 2.70 bits per heavy atom. The molecule has 0 aliphatic carbocycles. The number of hydrogen-bond acceptors (Lipinski definition) is 6. The Labute approximate surface area is 158 Å². The number of amides is 2. The summed E-state index contributed by atoms with van der Waals surface area (Å²) in [4.78, 5) is 35.4. The van der Waals surface area contributed by atoms with Crippen LogP contribution in [0.1, 0.15) is 11.3 Å². The summed E-state index contributed by atoms with van der Waals surface area (Å²) in [6, 6.07) is 11.6. The fourth-order valence-corrected chi connectivity index (χ4v) is 3.04. The highest BCUT2D eigenvalue weighted by Gasteiger charge is 2.20. The molecule has 8 nitrogen and oxygen atoms in total. The molecule has 0 atom stereocenters. The molecule has 2 aromatic heterocycles. The van der Waals surface area contributed by atoms with E-state index in [9.17, 15) is 19.7 Å². The van der Waals surface area contributed by atoms with Crippen molar-refractivity contribution in [3.05, 3.63) is 69.3 Å². The molecule has 27 heavy (non-hydrogen) atoms. The highest BCUT2D eigenvalue weighted by atomic mass is 32.1. The lowest BCUT2D eigenvalue weighted by molar-refractivity contribution is -0.384. The van der Waals surface area contributed by atoms with Crippen LogP contribution < -0.4 is 10.6 Å². The highest BCUT2D eigenvalue weighted by Crippen LogP contribution is 2.27. The number of furan rings is 1. The first-order valence-corrected chi connectivity index (χ1v) is 8.79. The minimum absolute atomic E-state index is 0.0214. The van der Waals surface area contributed by atoms with Crippen molar-refractivity contribution in [2.75, 3.05) is 5.32 Å². The predicted octanol–water partition coefficient (Wildman–Crippen LogP) is 3.48. The molecule has 2 amide bonds. The van der Waals surface area contributed by atoms with Gasteiger partial charge in [-0.3, -0.25) is 19.7 Å². The molecule has 0 radical (unpaired) electrons. The number of benzene rings is 1. The van der Waals surface area contributed by atoms with Crippen LogP contribution in [-0.2, 0) is 16.1 Å². The van der Waals surface area contributed by atoms with Crippen LogP contribution in [0.5, 0.6) is 0 Å². The molecule has 0 bridgehead atoms. The zero-order valence-electron chi connectivity index (χ0n) is 14.2. The monoisotopic (exact) mass is 385 g/mol. The molecule has 9 heteroatoms. The molecule has 2 heterocycles. The van der Waals surface area contributed by atoms with E-state index in [0.29, 0.717) is 17.1 Å². The van der Waals surface area contributed by atoms with Crippen LogP contribution in [0.3, 0.4) is 0 Å². The van der Waals surface area contributed by atoms with Gasteiger partial charge in [-0.25, -0.2) is 0 Å². The van der Waals surface area contributed by atoms with Crippen molar-refractivity contribution in [3.8, 4) is 10.6 Å². The molecule has 0 saturated heterocycles. The second-order valence-electron chi connectivity index (χ2n) is 5.66. The first-order valence-electron chi connectivity index (χ1n) is 7.91. The van der Waals surface area contributed by atoms with Gasteiger partial charge < -0.3 is 15.1 Å². The zero-order valence-corrected chi connectivity index (χ0v) is 15.0. The summed E-state index contributed by atoms with van der Waals surface area (Å²) in [5.41, 5.74) is 0.356. The standard InChI is InChI=1S/C18H15N3O5S/c1-11-4-6-13(14(9-11)21(24)25)20-18(23)17(22)19-10-12-5-7-15(26-12)16-3-2-8-27-16/h2-9H,10H2,1H3,(H,19,22)(H,20,23). The summed E-state index contributed by atoms with van der Waals surface area (Å²) >= 11 is 1.52. The maximum absolute atomic E-state index is 12.0. The van der Waals surface area contributed by atoms with Crippen molar-refractivity contribution in [3.63, 3.8) is 0 Å². The first kappa shape index (κ1) is 18.3. The minimum atomic E-state index is -0.994. The number of nitrogens with one attached hydrogen (secondary N) is 2. The Balaban J connectivity index is 1.60. The lowest BCUT2D eigenvalue weighted by Crippen LogP contribution is -2.35. The fraction of sp³-hybridized carbons (Fsp3) is 0.111. The van der Waals surface area contributed by atoms with Crippen molar-refractivity contribution < 1.29 is 18.9 Å². The highest BCUT2D eigenvalue weighted by molar-refractivity contribution is 7.13. The van der Waals surface area contributed by atoms with E-state index < -0.39 is 16.7 Å². The van der Waals surface area contributed by atoms with E-state index in [2.05, 4.69) is 10.6 Å². The van der Waals surface area contributed by atoms with E-state index in [1.807, 2.05) is 17.5 Å². The van der Waals surface area contributed by atoms with Crippen LogP contribution in [0.2, 0.25) is 0 Å². The molecule has 0 aliphatic heterocycles. The Morgan fingerprint density at radius 2 is 2.00 bits per heavy atom. The number of hydrogen-bond donors (Lipinski definition) is 2. The van der Waals surface area contributed by atoms with Crippen molar-refractivity contribution in [2.45, 2.75) is 13.5 Å². The van der Waals surface area contributed by atoms with Gasteiger partial charge in [0.1, 0.15) is 17.2 Å². The van der Waals surface area contributed by atoms with Crippen molar-refractivity contribution in [2.24, 2.45) is 0 Å². The molecule has 2 N–H and O–H groups in total. The van der Waals surface area contributed by atoms with Gasteiger partial charge in [0.15, 0.2) is 0 Å². The number of nitro benzene ring substituents is 1. The van der Waals surface area contributed by atoms with Gasteiger partial charge in [0.25, 0.3) is 5.69 Å². The fourth-order valence-electron chi connectivity index (χ4n) is 2.35. The quantitative estimate of drug-likeness (QED) is 0.396. The number of nitrogens with zero attached hydrogens (tertiary/aromatic N) is 1. The summed E-state index contributed by atoms with van der Waals surface area (Å²) in [6.07, 6.45) is 0. The number of carbonyl (C=O) groups excluding carboxylic acids is 2. The topological polar surface area (TPSA) is 114 Å². The smallest absolute Gasteiger partial charge is 0.313 e. The molecule has 0 aliphatic rings. The van der Waals surface area contributed by atoms with E-state index in [-0.39, 0.29) is 17.9 Å². The molecule has 1 aromatic carbocycles. The third kappa shape index (κ3) is 4.39. The summed E-state index contributed by atoms with van der Waals surface area (Å²) in [6.45, 7) is 1.72. The van der Waals surface area contributed by atoms with Gasteiger partial charge >= 0.3 is 11.8 Å². The van der Waals surface area contributed by atoms with Gasteiger partial charge in [0.05, 0.1) is 16.3 Å². The van der Waals surface area contributed by atoms with Crippen LogP contribution in [0.15, 0.2) is 52.3 Å². The second-order valence-corrected chi connectivity index (χ2v) is 6.61. The largest absolute Gasteiger partial charge is 0.458 e. The van der Waals surface area contributed by atoms with Gasteiger partial charge in [-0.2, -0.15) is 0 Å². The predicted molar refractivity (Wildman–Crippen MR) is 100 cm³/mol. The molecule has 0 spiro atoms. The zero-order chi connectivity index (χ0) is 19.4. The summed E-state index contributed by atoms with van der Waals surface area (Å²) < 4.78 is 5.61. The van der Waals surface area contributed by atoms with Crippen LogP contribution in [0, 0.1) is 17.0 Å². The second kappa shape index (κ2) is 7.83. The summed E-state index contributed by atoms with van der Waals surface area (Å²) in [7, 11) is 0. The molecule has 138 valence electrons. The van der Waals surface area contributed by atoms with E-state index >= 15 is 0 Å². The third-order valence-corrected chi connectivity index (χ3v) is 4.54. The molecular formula is C18H15N3O5S. The van der Waals surface area contributed by atoms with Crippen LogP contribution in [0.4, 0.5) is 11.4 Å². The van der Waals surface area contributed by atoms with E-state index in [4.69, 9.17) is 4.42 Å². The first-order chi connectivity index (χ1) is 12.9. The molecule has 0 saturated carbocycles. The Bertz CT molecular complexity index is 994. The Morgan fingerprint density at radius 1 is 1.19 bits per heavy atom. The van der Waals surface area contributed by atoms with Crippen molar-refractivity contribution >= 4 is 34.5 Å². The molecule has 0 fully saturated rings. The summed E-state index contributed by atoms with van der Waals surface area (Å²) in [5.74, 6) is -0.749. The van der Waals surface area contributed by atoms with Gasteiger partial charge in [-0.15, -0.1) is 11.3 Å². The SMILES string of the molecule is Cc1ccc(NC(=O)C(=O)NCc2ccc(-c3cccs3)o2)c([N+](=O)[O-])c1. The van der Waals surface area contributed by atoms with Crippen LogP contribution in [-0.4, -0.2) is 16.7 Å². The van der Waals surface area contributed by atoms with Crippen LogP contribution >= 0.6 is 11.3 Å². The van der Waals surface area contributed by atoms with Crippen LogP contribution in [0.25, 0.3) is 10.6 Å². The van der Waals surface area contributed by atoms with E-state index in [1.165, 1.54) is 23.5 Å². The molecular weight excluding hydrogens is 370 g/mol. The maximum atomic E-state index is 12.0. The average molecular weight is 385 g/mol. The number of carbonyl (C=O) groups is 2. The molecule has 3 aromatic rings. The van der Waals surface area contributed by atoms with Crippen molar-refractivity contribution in [1.82, 2.24) is 5.32 Å². The van der Waals surface area contributed by atoms with E-state index in [0.717, 1.165) is 4.88 Å². The normalized spacial score (nSPS) is 10.4. The van der Waals surface area contributed by atoms with Gasteiger partial charge in [0, 0.05) is 6.07 Å². The number of thiophene rings is 1. The Kier molecular flexibility index (Phi) is 5.32. The molecule has 0 unspecified atom stereocenters. The van der Waals surface area contributed by atoms with Gasteiger partial charge in [-0.05, 0) is 42.1 Å². The van der Waals surface area contributed by atoms with Gasteiger partial charge in [-0.1, -0.05) is 12.1 Å². The Hall–Kier alpha value is -3.46. The average Bonchev–Trinajstić information content (AvgIpc) is 3.32. The molecule has 3 rings (SSSR count). The summed E-state index contributed by atoms with van der Waals surface area (Å²) in [5, 5.41) is 17.7.